The summed E-state index contributed by atoms with van der Waals surface area (Å²) in [7, 11) is 0. The van der Waals surface area contributed by atoms with Gasteiger partial charge in [0.25, 0.3) is 5.91 Å². The Morgan fingerprint density at radius 1 is 1.15 bits per heavy atom. The molecular weight excluding hydrogens is 324 g/mol. The lowest BCUT2D eigenvalue weighted by atomic mass is 10.1. The molecule has 5 heteroatoms. The van der Waals surface area contributed by atoms with E-state index in [2.05, 4.69) is 41.0 Å². The fourth-order valence-corrected chi connectivity index (χ4v) is 4.07. The van der Waals surface area contributed by atoms with Crippen LogP contribution >= 0.6 is 0 Å². The predicted octanol–water partition coefficient (Wildman–Crippen LogP) is 2.30. The van der Waals surface area contributed by atoms with Crippen LogP contribution in [0.4, 0.5) is 5.82 Å². The maximum Gasteiger partial charge on any atom is 0.252 e. The van der Waals surface area contributed by atoms with Gasteiger partial charge in [-0.25, -0.2) is 4.98 Å². The van der Waals surface area contributed by atoms with Crippen LogP contribution in [0.5, 0.6) is 0 Å². The summed E-state index contributed by atoms with van der Waals surface area (Å²) < 4.78 is 0. The summed E-state index contributed by atoms with van der Waals surface area (Å²) in [6.45, 7) is 6.77. The highest BCUT2D eigenvalue weighted by atomic mass is 16.1. The molecule has 136 valence electrons. The molecule has 2 N–H and O–H groups in total. The van der Waals surface area contributed by atoms with E-state index in [1.807, 2.05) is 6.07 Å². The molecular formula is C21H26N4O. The van der Waals surface area contributed by atoms with Gasteiger partial charge >= 0.3 is 0 Å². The summed E-state index contributed by atoms with van der Waals surface area (Å²) in [5, 5.41) is 0. The number of primary amides is 1. The number of aryl methyl sites for hydroxylation is 3. The number of rotatable bonds is 4. The van der Waals surface area contributed by atoms with Gasteiger partial charge in [-0.3, -0.25) is 9.69 Å². The molecule has 0 bridgehead atoms. The summed E-state index contributed by atoms with van der Waals surface area (Å²) >= 11 is 0. The minimum absolute atomic E-state index is 0.371. The van der Waals surface area contributed by atoms with Gasteiger partial charge in [-0.05, 0) is 43.4 Å². The summed E-state index contributed by atoms with van der Waals surface area (Å²) in [6, 6.07) is 10.7. The van der Waals surface area contributed by atoms with E-state index in [0.717, 1.165) is 63.5 Å². The smallest absolute Gasteiger partial charge is 0.252 e. The van der Waals surface area contributed by atoms with Gasteiger partial charge in [0, 0.05) is 38.4 Å². The molecule has 0 atom stereocenters. The first-order valence-corrected chi connectivity index (χ1v) is 9.45. The van der Waals surface area contributed by atoms with Crippen molar-refractivity contribution in [2.75, 3.05) is 31.1 Å². The van der Waals surface area contributed by atoms with Crippen molar-refractivity contribution in [2.45, 2.75) is 32.7 Å². The van der Waals surface area contributed by atoms with Crippen LogP contribution in [0.1, 0.15) is 39.2 Å². The monoisotopic (exact) mass is 350 g/mol. The molecule has 26 heavy (non-hydrogen) atoms. The van der Waals surface area contributed by atoms with E-state index in [0.29, 0.717) is 5.56 Å². The highest BCUT2D eigenvalue weighted by molar-refractivity contribution is 5.98. The van der Waals surface area contributed by atoms with E-state index in [9.17, 15) is 4.79 Å². The third-order valence-electron chi connectivity index (χ3n) is 5.46. The molecule has 1 aromatic carbocycles. The van der Waals surface area contributed by atoms with Gasteiger partial charge in [0.1, 0.15) is 5.82 Å². The maximum absolute atomic E-state index is 11.9. The van der Waals surface area contributed by atoms with Crippen LogP contribution in [-0.2, 0) is 19.4 Å². The molecule has 0 spiro atoms. The van der Waals surface area contributed by atoms with Crippen LogP contribution < -0.4 is 10.6 Å². The Balaban J connectivity index is 1.47. The quantitative estimate of drug-likeness (QED) is 0.919. The van der Waals surface area contributed by atoms with Crippen LogP contribution in [0.15, 0.2) is 30.3 Å². The fourth-order valence-electron chi connectivity index (χ4n) is 4.07. The first-order chi connectivity index (χ1) is 12.6. The number of hydrogen-bond acceptors (Lipinski definition) is 4. The zero-order valence-electron chi connectivity index (χ0n) is 15.4. The second-order valence-corrected chi connectivity index (χ2v) is 7.44. The van der Waals surface area contributed by atoms with E-state index >= 15 is 0 Å². The second-order valence-electron chi connectivity index (χ2n) is 7.44. The average molecular weight is 350 g/mol. The van der Waals surface area contributed by atoms with Crippen LogP contribution in [0.2, 0.25) is 0 Å². The Kier molecular flexibility index (Phi) is 4.64. The van der Waals surface area contributed by atoms with Crippen LogP contribution in [0.3, 0.4) is 0 Å². The van der Waals surface area contributed by atoms with Gasteiger partial charge < -0.3 is 10.6 Å². The van der Waals surface area contributed by atoms with Crippen LogP contribution in [0.25, 0.3) is 0 Å². The highest BCUT2D eigenvalue weighted by Gasteiger charge is 2.25. The number of benzene rings is 1. The first-order valence-electron chi connectivity index (χ1n) is 9.45. The third-order valence-corrected chi connectivity index (χ3v) is 5.46. The van der Waals surface area contributed by atoms with Gasteiger partial charge in [-0.1, -0.05) is 29.8 Å². The number of piperazine rings is 1. The van der Waals surface area contributed by atoms with E-state index < -0.39 is 0 Å². The Morgan fingerprint density at radius 3 is 2.69 bits per heavy atom. The van der Waals surface area contributed by atoms with E-state index in [1.54, 1.807) is 0 Å². The van der Waals surface area contributed by atoms with Crippen molar-refractivity contribution in [2.24, 2.45) is 5.73 Å². The Bertz CT molecular complexity index is 825. The lowest BCUT2D eigenvalue weighted by Crippen LogP contribution is -2.47. The predicted molar refractivity (Wildman–Crippen MR) is 103 cm³/mol. The van der Waals surface area contributed by atoms with E-state index in [1.165, 1.54) is 16.7 Å². The van der Waals surface area contributed by atoms with Crippen molar-refractivity contribution in [1.82, 2.24) is 9.88 Å². The molecule has 1 fully saturated rings. The molecule has 1 aliphatic heterocycles. The minimum atomic E-state index is -0.371. The largest absolute Gasteiger partial charge is 0.365 e. The highest BCUT2D eigenvalue weighted by Crippen LogP contribution is 2.28. The molecule has 0 saturated carbocycles. The lowest BCUT2D eigenvalue weighted by molar-refractivity contribution is 0.1000. The fraction of sp³-hybridized carbons (Fsp3) is 0.429. The second kappa shape index (κ2) is 7.08. The normalized spacial score (nSPS) is 17.3. The van der Waals surface area contributed by atoms with Gasteiger partial charge in [0.2, 0.25) is 0 Å². The van der Waals surface area contributed by atoms with Gasteiger partial charge in [-0.2, -0.15) is 0 Å². The number of aromatic nitrogens is 1. The summed E-state index contributed by atoms with van der Waals surface area (Å²) in [4.78, 5) is 21.5. The van der Waals surface area contributed by atoms with Gasteiger partial charge in [0.05, 0.1) is 5.56 Å². The molecule has 1 saturated heterocycles. The molecule has 1 aromatic heterocycles. The van der Waals surface area contributed by atoms with Crippen molar-refractivity contribution < 1.29 is 4.79 Å². The number of pyridine rings is 1. The van der Waals surface area contributed by atoms with Crippen LogP contribution in [-0.4, -0.2) is 42.0 Å². The summed E-state index contributed by atoms with van der Waals surface area (Å²) in [5.74, 6) is 0.415. The Morgan fingerprint density at radius 2 is 1.96 bits per heavy atom. The van der Waals surface area contributed by atoms with Crippen molar-refractivity contribution in [3.63, 3.8) is 0 Å². The number of carbonyl (C=O) groups is 1. The lowest BCUT2D eigenvalue weighted by Gasteiger charge is -2.36. The summed E-state index contributed by atoms with van der Waals surface area (Å²) in [5.41, 5.74) is 11.2. The molecule has 2 aromatic rings. The summed E-state index contributed by atoms with van der Waals surface area (Å²) in [6.07, 6.45) is 3.14. The van der Waals surface area contributed by atoms with Gasteiger partial charge in [0.15, 0.2) is 0 Å². The number of nitrogens with zero attached hydrogens (tertiary/aromatic N) is 3. The van der Waals surface area contributed by atoms with Crippen LogP contribution in [0, 0.1) is 6.92 Å². The van der Waals surface area contributed by atoms with Crippen molar-refractivity contribution in [3.05, 3.63) is 58.3 Å². The van der Waals surface area contributed by atoms with Crippen molar-refractivity contribution >= 4 is 11.7 Å². The van der Waals surface area contributed by atoms with Gasteiger partial charge in [-0.15, -0.1) is 0 Å². The number of nitrogens with two attached hydrogens (primary N) is 1. The standard InChI is InChI=1S/C21H26N4O/c1-15-4-2-5-16(12-15)14-24-8-10-25(11-9-24)21-18(20(22)26)13-17-6-3-7-19(17)23-21/h2,4-5,12-13H,3,6-11,14H2,1H3,(H2,22,26). The maximum atomic E-state index is 11.9. The number of hydrogen-bond donors (Lipinski definition) is 1. The number of anilines is 1. The number of carbonyl (C=O) groups excluding carboxylic acids is 1. The molecule has 2 heterocycles. The van der Waals surface area contributed by atoms with E-state index in [-0.39, 0.29) is 5.91 Å². The topological polar surface area (TPSA) is 62.5 Å². The van der Waals surface area contributed by atoms with E-state index in [4.69, 9.17) is 10.7 Å². The first kappa shape index (κ1) is 17.0. The molecule has 1 amide bonds. The molecule has 0 unspecified atom stereocenters. The minimum Gasteiger partial charge on any atom is -0.365 e. The zero-order valence-corrected chi connectivity index (χ0v) is 15.4. The molecule has 4 rings (SSSR count). The number of fused-ring (bicyclic) bond motifs is 1. The third kappa shape index (κ3) is 3.44. The zero-order chi connectivity index (χ0) is 18.1. The number of amides is 1. The molecule has 2 aliphatic rings. The molecule has 1 aliphatic carbocycles. The molecule has 0 radical (unpaired) electrons. The molecule has 5 nitrogen and oxygen atoms in total. The Hall–Kier alpha value is -2.40. The SMILES string of the molecule is Cc1cccc(CN2CCN(c3nc4c(cc3C(N)=O)CCC4)CC2)c1. The van der Waals surface area contributed by atoms with Crippen molar-refractivity contribution in [3.8, 4) is 0 Å². The van der Waals surface area contributed by atoms with Crippen molar-refractivity contribution in [1.29, 1.82) is 0 Å². The average Bonchev–Trinajstić information content (AvgIpc) is 3.09. The Labute approximate surface area is 154 Å².